The Balaban J connectivity index is 1.63. The minimum Gasteiger partial charge on any atom is -0.454 e. The van der Waals surface area contributed by atoms with Crippen molar-refractivity contribution in [3.63, 3.8) is 0 Å². The molecule has 2 heterocycles. The summed E-state index contributed by atoms with van der Waals surface area (Å²) in [5, 5.41) is 0.448. The Labute approximate surface area is 138 Å². The Morgan fingerprint density at radius 2 is 1.96 bits per heavy atom. The maximum atomic E-state index is 12.2. The largest absolute Gasteiger partial charge is 0.454 e. The van der Waals surface area contributed by atoms with Gasteiger partial charge in [0.15, 0.2) is 17.3 Å². The number of nitrogens with zero attached hydrogens (tertiary/aromatic N) is 1. The molecule has 0 amide bonds. The number of hydrogen-bond acceptors (Lipinski definition) is 4. The van der Waals surface area contributed by atoms with Crippen LogP contribution in [0.25, 0.3) is 5.57 Å². The number of ether oxygens (including phenoxy) is 2. The van der Waals surface area contributed by atoms with E-state index in [1.807, 2.05) is 24.3 Å². The molecule has 2 aromatic rings. The van der Waals surface area contributed by atoms with E-state index in [1.54, 1.807) is 18.3 Å². The molecule has 4 rings (SSSR count). The third-order valence-electron chi connectivity index (χ3n) is 4.22. The van der Waals surface area contributed by atoms with Gasteiger partial charge >= 0.3 is 0 Å². The maximum Gasteiger partial charge on any atom is 0.231 e. The summed E-state index contributed by atoms with van der Waals surface area (Å²) in [5.74, 6) is 1.77. The zero-order valence-corrected chi connectivity index (χ0v) is 13.0. The van der Waals surface area contributed by atoms with Crippen molar-refractivity contribution in [1.29, 1.82) is 0 Å². The standard InChI is InChI=1S/C18H14ClNO3/c19-18-4-2-12(9-20-18)14-5-13(6-15(21)7-14)11-1-3-16-17(8-11)23-10-22-16/h1-4,7-9,13H,5-6,10H2/t13-/m1/s1. The predicted molar refractivity (Wildman–Crippen MR) is 86.8 cm³/mol. The molecule has 0 saturated carbocycles. The highest BCUT2D eigenvalue weighted by molar-refractivity contribution is 6.29. The van der Waals surface area contributed by atoms with Gasteiger partial charge in [-0.15, -0.1) is 0 Å². The van der Waals surface area contributed by atoms with Gasteiger partial charge in [-0.05, 0) is 53.3 Å². The highest BCUT2D eigenvalue weighted by Crippen LogP contribution is 2.40. The fourth-order valence-corrected chi connectivity index (χ4v) is 3.17. The summed E-state index contributed by atoms with van der Waals surface area (Å²) in [5.41, 5.74) is 3.02. The number of rotatable bonds is 2. The lowest BCUT2D eigenvalue weighted by Crippen LogP contribution is -2.12. The fourth-order valence-electron chi connectivity index (χ4n) is 3.06. The number of pyridine rings is 1. The molecule has 1 atom stereocenters. The average Bonchev–Trinajstić information content (AvgIpc) is 3.02. The van der Waals surface area contributed by atoms with Gasteiger partial charge in [-0.2, -0.15) is 0 Å². The molecule has 1 aromatic heterocycles. The van der Waals surface area contributed by atoms with Gasteiger partial charge in [-0.1, -0.05) is 23.7 Å². The number of benzene rings is 1. The lowest BCUT2D eigenvalue weighted by molar-refractivity contribution is -0.115. The van der Waals surface area contributed by atoms with Crippen LogP contribution in [0.3, 0.4) is 0 Å². The molecule has 1 aromatic carbocycles. The predicted octanol–water partition coefficient (Wildman–Crippen LogP) is 3.99. The molecule has 0 fully saturated rings. The molecular weight excluding hydrogens is 314 g/mol. The molecule has 0 radical (unpaired) electrons. The van der Waals surface area contributed by atoms with Crippen LogP contribution in [-0.4, -0.2) is 17.6 Å². The van der Waals surface area contributed by atoms with Crippen LogP contribution in [0, 0.1) is 0 Å². The molecule has 5 heteroatoms. The number of carbonyl (C=O) groups is 1. The second-order valence-corrected chi connectivity index (χ2v) is 6.11. The van der Waals surface area contributed by atoms with Crippen molar-refractivity contribution in [2.75, 3.05) is 6.79 Å². The minimum absolute atomic E-state index is 0.129. The van der Waals surface area contributed by atoms with Gasteiger partial charge in [0.05, 0.1) is 0 Å². The lowest BCUT2D eigenvalue weighted by atomic mass is 9.81. The summed E-state index contributed by atoms with van der Waals surface area (Å²) in [4.78, 5) is 16.3. The molecule has 0 saturated heterocycles. The molecule has 2 aliphatic rings. The minimum atomic E-state index is 0.129. The first-order chi connectivity index (χ1) is 11.2. The van der Waals surface area contributed by atoms with Gasteiger partial charge < -0.3 is 9.47 Å². The lowest BCUT2D eigenvalue weighted by Gasteiger charge is -2.22. The fraction of sp³-hybridized carbons (Fsp3) is 0.222. The van der Waals surface area contributed by atoms with Crippen LogP contribution in [0.15, 0.2) is 42.6 Å². The van der Waals surface area contributed by atoms with Crippen molar-refractivity contribution in [2.45, 2.75) is 18.8 Å². The van der Waals surface area contributed by atoms with Crippen LogP contribution in [-0.2, 0) is 4.79 Å². The molecule has 0 unspecified atom stereocenters. The van der Waals surface area contributed by atoms with Crippen molar-refractivity contribution >= 4 is 23.0 Å². The maximum absolute atomic E-state index is 12.2. The molecule has 1 aliphatic heterocycles. The number of fused-ring (bicyclic) bond motifs is 1. The molecule has 4 nitrogen and oxygen atoms in total. The van der Waals surface area contributed by atoms with Crippen LogP contribution < -0.4 is 9.47 Å². The van der Waals surface area contributed by atoms with Crippen LogP contribution in [0.2, 0.25) is 5.15 Å². The first-order valence-corrected chi connectivity index (χ1v) is 7.82. The second-order valence-electron chi connectivity index (χ2n) is 5.72. The van der Waals surface area contributed by atoms with Crippen LogP contribution >= 0.6 is 11.6 Å². The van der Waals surface area contributed by atoms with Crippen molar-refractivity contribution in [3.8, 4) is 11.5 Å². The molecule has 0 spiro atoms. The van der Waals surface area contributed by atoms with E-state index in [1.165, 1.54) is 0 Å². The second kappa shape index (κ2) is 5.70. The van der Waals surface area contributed by atoms with Gasteiger partial charge in [0.2, 0.25) is 6.79 Å². The van der Waals surface area contributed by atoms with E-state index in [0.717, 1.165) is 34.6 Å². The van der Waals surface area contributed by atoms with Gasteiger partial charge in [-0.3, -0.25) is 4.79 Å². The quantitative estimate of drug-likeness (QED) is 0.782. The van der Waals surface area contributed by atoms with Crippen molar-refractivity contribution in [2.24, 2.45) is 0 Å². The van der Waals surface area contributed by atoms with E-state index in [9.17, 15) is 4.79 Å². The first-order valence-electron chi connectivity index (χ1n) is 7.44. The number of hydrogen-bond donors (Lipinski definition) is 0. The molecule has 1 aliphatic carbocycles. The van der Waals surface area contributed by atoms with Crippen LogP contribution in [0.1, 0.15) is 29.9 Å². The summed E-state index contributed by atoms with van der Waals surface area (Å²) >= 11 is 5.83. The van der Waals surface area contributed by atoms with E-state index in [0.29, 0.717) is 11.6 Å². The smallest absolute Gasteiger partial charge is 0.231 e. The Morgan fingerprint density at radius 1 is 1.09 bits per heavy atom. The molecule has 23 heavy (non-hydrogen) atoms. The first kappa shape index (κ1) is 14.3. The number of halogens is 1. The van der Waals surface area contributed by atoms with Gasteiger partial charge in [0.1, 0.15) is 5.15 Å². The normalized spacial score (nSPS) is 19.6. The van der Waals surface area contributed by atoms with Crippen molar-refractivity contribution < 1.29 is 14.3 Å². The molecule has 0 N–H and O–H groups in total. The number of carbonyl (C=O) groups excluding carboxylic acids is 1. The van der Waals surface area contributed by atoms with Gasteiger partial charge in [0.25, 0.3) is 0 Å². The van der Waals surface area contributed by atoms with Crippen LogP contribution in [0.5, 0.6) is 11.5 Å². The Bertz CT molecular complexity index is 798. The number of aromatic nitrogens is 1. The van der Waals surface area contributed by atoms with E-state index in [4.69, 9.17) is 21.1 Å². The topological polar surface area (TPSA) is 48.4 Å². The summed E-state index contributed by atoms with van der Waals surface area (Å²) < 4.78 is 10.8. The van der Waals surface area contributed by atoms with E-state index < -0.39 is 0 Å². The number of ketones is 1. The van der Waals surface area contributed by atoms with Crippen molar-refractivity contribution in [1.82, 2.24) is 4.98 Å². The highest BCUT2D eigenvalue weighted by Gasteiger charge is 2.25. The summed E-state index contributed by atoms with van der Waals surface area (Å²) in [7, 11) is 0. The third-order valence-corrected chi connectivity index (χ3v) is 4.44. The average molecular weight is 328 g/mol. The SMILES string of the molecule is O=C1C=C(c2ccc(Cl)nc2)C[C@@H](c2ccc3c(c2)OCO3)C1. The van der Waals surface area contributed by atoms with Crippen molar-refractivity contribution in [3.05, 3.63) is 58.9 Å². The Hall–Kier alpha value is -2.33. The molecular formula is C18H14ClNO3. The zero-order valence-electron chi connectivity index (χ0n) is 12.3. The Morgan fingerprint density at radius 3 is 2.78 bits per heavy atom. The number of allylic oxidation sites excluding steroid dienone is 2. The van der Waals surface area contributed by atoms with Crippen LogP contribution in [0.4, 0.5) is 0 Å². The molecule has 0 bridgehead atoms. The highest BCUT2D eigenvalue weighted by atomic mass is 35.5. The summed E-state index contributed by atoms with van der Waals surface area (Å²) in [6.07, 6.45) is 4.72. The van der Waals surface area contributed by atoms with E-state index >= 15 is 0 Å². The van der Waals surface area contributed by atoms with E-state index in [2.05, 4.69) is 4.98 Å². The zero-order chi connectivity index (χ0) is 15.8. The van der Waals surface area contributed by atoms with E-state index in [-0.39, 0.29) is 18.5 Å². The van der Waals surface area contributed by atoms with Gasteiger partial charge in [0, 0.05) is 12.6 Å². The summed E-state index contributed by atoms with van der Waals surface area (Å²) in [6, 6.07) is 9.53. The monoisotopic (exact) mass is 327 g/mol. The summed E-state index contributed by atoms with van der Waals surface area (Å²) in [6.45, 7) is 0.254. The third kappa shape index (κ3) is 2.82. The Kier molecular flexibility index (Phi) is 3.54. The van der Waals surface area contributed by atoms with Gasteiger partial charge in [-0.25, -0.2) is 4.98 Å². The molecule has 116 valence electrons.